The first-order valence-electron chi connectivity index (χ1n) is 8.98. The Morgan fingerprint density at radius 1 is 1.30 bits per heavy atom. The molecule has 140 valence electrons. The van der Waals surface area contributed by atoms with Gasteiger partial charge in [0.05, 0.1) is 17.2 Å². The molecule has 1 unspecified atom stereocenters. The molecular weight excluding hydrogens is 346 g/mol. The summed E-state index contributed by atoms with van der Waals surface area (Å²) in [5.41, 5.74) is 6.60. The number of likely N-dealkylation sites (tertiary alicyclic amines) is 1. The number of benzene rings is 1. The van der Waals surface area contributed by atoms with E-state index in [9.17, 15) is 14.4 Å². The van der Waals surface area contributed by atoms with E-state index in [1.807, 2.05) is 31.2 Å². The predicted molar refractivity (Wildman–Crippen MR) is 98.1 cm³/mol. The first-order chi connectivity index (χ1) is 13.0. The molecule has 0 bridgehead atoms. The zero-order chi connectivity index (χ0) is 19.2. The zero-order valence-electron chi connectivity index (χ0n) is 15.1. The van der Waals surface area contributed by atoms with E-state index >= 15 is 0 Å². The number of carbonyl (C=O) groups excluding carboxylic acids is 3. The van der Waals surface area contributed by atoms with Gasteiger partial charge in [-0.2, -0.15) is 5.10 Å². The number of anilines is 1. The number of nitrogens with zero attached hydrogens (tertiary/aromatic N) is 4. The maximum Gasteiger partial charge on any atom is 0.257 e. The van der Waals surface area contributed by atoms with Crippen LogP contribution in [0.1, 0.15) is 29.3 Å². The highest BCUT2D eigenvalue weighted by molar-refractivity contribution is 6.11. The summed E-state index contributed by atoms with van der Waals surface area (Å²) < 4.78 is 1.70. The number of rotatable bonds is 4. The molecule has 3 amide bonds. The Hall–Kier alpha value is -3.16. The average molecular weight is 367 g/mol. The third-order valence-corrected chi connectivity index (χ3v) is 5.44. The van der Waals surface area contributed by atoms with Crippen molar-refractivity contribution in [1.82, 2.24) is 14.7 Å². The molecule has 8 heteroatoms. The van der Waals surface area contributed by atoms with Gasteiger partial charge in [0.2, 0.25) is 11.8 Å². The minimum Gasteiger partial charge on any atom is -0.368 e. The van der Waals surface area contributed by atoms with Gasteiger partial charge in [0.1, 0.15) is 6.54 Å². The molecule has 1 aromatic carbocycles. The van der Waals surface area contributed by atoms with Crippen LogP contribution in [0.25, 0.3) is 0 Å². The molecule has 0 aliphatic carbocycles. The highest BCUT2D eigenvalue weighted by Gasteiger charge is 2.55. The SMILES string of the molecule is CCn1cc(C(=O)N2CCC3(C2)C(=O)N(CC(N)=O)c2ccccc23)cn1. The molecule has 3 heterocycles. The highest BCUT2D eigenvalue weighted by Crippen LogP contribution is 2.47. The number of fused-ring (bicyclic) bond motifs is 2. The number of aromatic nitrogens is 2. The molecule has 1 aromatic heterocycles. The molecule has 2 aliphatic rings. The molecule has 2 N–H and O–H groups in total. The van der Waals surface area contributed by atoms with Gasteiger partial charge in [0.25, 0.3) is 5.91 Å². The van der Waals surface area contributed by atoms with Gasteiger partial charge in [-0.05, 0) is 25.0 Å². The fourth-order valence-electron chi connectivity index (χ4n) is 4.12. The van der Waals surface area contributed by atoms with Gasteiger partial charge < -0.3 is 15.5 Å². The van der Waals surface area contributed by atoms with Crippen LogP contribution in [-0.4, -0.2) is 52.0 Å². The first kappa shape index (κ1) is 17.3. The van der Waals surface area contributed by atoms with E-state index in [0.29, 0.717) is 30.8 Å². The normalized spacial score (nSPS) is 21.1. The van der Waals surface area contributed by atoms with Crippen molar-refractivity contribution in [2.24, 2.45) is 5.73 Å². The van der Waals surface area contributed by atoms with Crippen LogP contribution in [0, 0.1) is 0 Å². The number of aryl methyl sites for hydroxylation is 1. The second-order valence-corrected chi connectivity index (χ2v) is 7.02. The van der Waals surface area contributed by atoms with Gasteiger partial charge in [-0.25, -0.2) is 0 Å². The Labute approximate surface area is 156 Å². The summed E-state index contributed by atoms with van der Waals surface area (Å²) >= 11 is 0. The van der Waals surface area contributed by atoms with Crippen LogP contribution in [0.5, 0.6) is 0 Å². The molecule has 2 aromatic rings. The van der Waals surface area contributed by atoms with E-state index in [-0.39, 0.29) is 24.9 Å². The Morgan fingerprint density at radius 3 is 2.78 bits per heavy atom. The molecule has 1 spiro atoms. The smallest absolute Gasteiger partial charge is 0.257 e. The number of hydrogen-bond donors (Lipinski definition) is 1. The number of para-hydroxylation sites is 1. The maximum absolute atomic E-state index is 13.2. The number of amides is 3. The lowest BCUT2D eigenvalue weighted by molar-refractivity contribution is -0.125. The standard InChI is InChI=1S/C19H21N5O3/c1-2-23-10-13(9-21-23)17(26)22-8-7-19(12-22)14-5-3-4-6-15(14)24(18(19)27)11-16(20)25/h3-6,9-10H,2,7-8,11-12H2,1H3,(H2,20,25). The van der Waals surface area contributed by atoms with Crippen molar-refractivity contribution in [3.63, 3.8) is 0 Å². The molecule has 0 radical (unpaired) electrons. The number of primary amides is 1. The minimum absolute atomic E-state index is 0.134. The van der Waals surface area contributed by atoms with Crippen LogP contribution < -0.4 is 10.6 Å². The van der Waals surface area contributed by atoms with Gasteiger partial charge in [-0.3, -0.25) is 19.1 Å². The van der Waals surface area contributed by atoms with Crippen molar-refractivity contribution in [2.45, 2.75) is 25.3 Å². The maximum atomic E-state index is 13.2. The van der Waals surface area contributed by atoms with Crippen LogP contribution in [-0.2, 0) is 21.5 Å². The summed E-state index contributed by atoms with van der Waals surface area (Å²) in [5, 5.41) is 4.15. The summed E-state index contributed by atoms with van der Waals surface area (Å²) in [7, 11) is 0. The number of hydrogen-bond acceptors (Lipinski definition) is 4. The van der Waals surface area contributed by atoms with Crippen LogP contribution in [0.3, 0.4) is 0 Å². The molecule has 2 aliphatic heterocycles. The third-order valence-electron chi connectivity index (χ3n) is 5.44. The summed E-state index contributed by atoms with van der Waals surface area (Å²) in [5.74, 6) is -0.861. The fourth-order valence-corrected chi connectivity index (χ4v) is 4.12. The molecule has 1 atom stereocenters. The monoisotopic (exact) mass is 367 g/mol. The lowest BCUT2D eigenvalue weighted by atomic mass is 9.81. The van der Waals surface area contributed by atoms with E-state index in [4.69, 9.17) is 5.73 Å². The molecule has 0 saturated carbocycles. The Balaban J connectivity index is 1.65. The molecule has 4 rings (SSSR count). The topological polar surface area (TPSA) is 102 Å². The fraction of sp³-hybridized carbons (Fsp3) is 0.368. The van der Waals surface area contributed by atoms with Gasteiger partial charge in [-0.15, -0.1) is 0 Å². The van der Waals surface area contributed by atoms with Crippen molar-refractivity contribution in [2.75, 3.05) is 24.5 Å². The van der Waals surface area contributed by atoms with Gasteiger partial charge in [-0.1, -0.05) is 18.2 Å². The van der Waals surface area contributed by atoms with E-state index in [0.717, 1.165) is 5.56 Å². The van der Waals surface area contributed by atoms with Crippen molar-refractivity contribution < 1.29 is 14.4 Å². The van der Waals surface area contributed by atoms with Crippen LogP contribution in [0.2, 0.25) is 0 Å². The quantitative estimate of drug-likeness (QED) is 0.851. The Bertz CT molecular complexity index is 937. The number of nitrogens with two attached hydrogens (primary N) is 1. The zero-order valence-corrected chi connectivity index (χ0v) is 15.1. The third kappa shape index (κ3) is 2.59. The summed E-state index contributed by atoms with van der Waals surface area (Å²) in [4.78, 5) is 40.7. The van der Waals surface area contributed by atoms with Crippen LogP contribution >= 0.6 is 0 Å². The minimum atomic E-state index is -0.817. The largest absolute Gasteiger partial charge is 0.368 e. The van der Waals surface area contributed by atoms with Gasteiger partial charge in [0.15, 0.2) is 0 Å². The number of carbonyl (C=O) groups is 3. The predicted octanol–water partition coefficient (Wildman–Crippen LogP) is 0.519. The lowest BCUT2D eigenvalue weighted by Gasteiger charge is -2.24. The van der Waals surface area contributed by atoms with Crippen LogP contribution in [0.4, 0.5) is 5.69 Å². The van der Waals surface area contributed by atoms with E-state index in [1.165, 1.54) is 4.90 Å². The second-order valence-electron chi connectivity index (χ2n) is 7.02. The van der Waals surface area contributed by atoms with E-state index in [2.05, 4.69) is 5.10 Å². The Morgan fingerprint density at radius 2 is 2.07 bits per heavy atom. The van der Waals surface area contributed by atoms with E-state index in [1.54, 1.807) is 22.0 Å². The summed E-state index contributed by atoms with van der Waals surface area (Å²) in [6.45, 7) is 3.24. The molecule has 27 heavy (non-hydrogen) atoms. The summed E-state index contributed by atoms with van der Waals surface area (Å²) in [6, 6.07) is 7.42. The highest BCUT2D eigenvalue weighted by atomic mass is 16.2. The molecule has 1 saturated heterocycles. The van der Waals surface area contributed by atoms with Crippen LogP contribution in [0.15, 0.2) is 36.7 Å². The van der Waals surface area contributed by atoms with E-state index < -0.39 is 11.3 Å². The van der Waals surface area contributed by atoms with Crippen molar-refractivity contribution in [3.8, 4) is 0 Å². The van der Waals surface area contributed by atoms with Crippen molar-refractivity contribution >= 4 is 23.4 Å². The molecular formula is C19H21N5O3. The summed E-state index contributed by atoms with van der Waals surface area (Å²) in [6.07, 6.45) is 3.80. The molecule has 1 fully saturated rings. The van der Waals surface area contributed by atoms with Gasteiger partial charge in [0, 0.05) is 31.5 Å². The Kier molecular flexibility index (Phi) is 3.98. The second kappa shape index (κ2) is 6.22. The average Bonchev–Trinajstić information content (AvgIpc) is 3.37. The lowest BCUT2D eigenvalue weighted by Crippen LogP contribution is -2.45. The van der Waals surface area contributed by atoms with Crippen molar-refractivity contribution in [1.29, 1.82) is 0 Å². The van der Waals surface area contributed by atoms with Crippen molar-refractivity contribution in [3.05, 3.63) is 47.8 Å². The molecule has 8 nitrogen and oxygen atoms in total. The first-order valence-corrected chi connectivity index (χ1v) is 8.98. The van der Waals surface area contributed by atoms with Gasteiger partial charge >= 0.3 is 0 Å².